The fraction of sp³-hybridized carbons (Fsp3) is 0.867. The number of carbonyl (C=O) groups excluding carboxylic acids is 2. The van der Waals surface area contributed by atoms with Crippen molar-refractivity contribution in [1.82, 2.24) is 5.32 Å². The summed E-state index contributed by atoms with van der Waals surface area (Å²) in [6, 6.07) is 1.00. The monoisotopic (exact) mass is 333 g/mol. The predicted molar refractivity (Wildman–Crippen MR) is 88.5 cm³/mol. The molecule has 0 aliphatic carbocycles. The molecule has 0 saturated heterocycles. The third-order valence-electron chi connectivity index (χ3n) is 2.59. The van der Waals surface area contributed by atoms with Crippen molar-refractivity contribution in [2.45, 2.75) is 71.4 Å². The molecule has 0 fully saturated rings. The van der Waals surface area contributed by atoms with Crippen molar-refractivity contribution < 1.29 is 23.8 Å². The van der Waals surface area contributed by atoms with Crippen LogP contribution < -0.4 is 5.32 Å². The summed E-state index contributed by atoms with van der Waals surface area (Å²) in [7, 11) is -1.15. The molecule has 0 spiro atoms. The van der Waals surface area contributed by atoms with Gasteiger partial charge in [-0.05, 0) is 40.7 Å². The number of rotatable bonds is 7. The molecule has 0 aromatic carbocycles. The minimum absolute atomic E-state index is 0.108. The van der Waals surface area contributed by atoms with E-state index < -0.39 is 31.3 Å². The van der Waals surface area contributed by atoms with Crippen molar-refractivity contribution in [3.8, 4) is 0 Å². The van der Waals surface area contributed by atoms with Crippen LogP contribution in [0.3, 0.4) is 0 Å². The molecule has 0 unspecified atom stereocenters. The van der Waals surface area contributed by atoms with Gasteiger partial charge in [-0.3, -0.25) is 0 Å². The second-order valence-electron chi connectivity index (χ2n) is 8.02. The summed E-state index contributed by atoms with van der Waals surface area (Å²) in [5.41, 5.74) is -1.80. The van der Waals surface area contributed by atoms with Crippen LogP contribution in [-0.4, -0.2) is 44.7 Å². The van der Waals surface area contributed by atoms with E-state index in [2.05, 4.69) is 25.0 Å². The van der Waals surface area contributed by atoms with Crippen molar-refractivity contribution in [3.05, 3.63) is 0 Å². The van der Waals surface area contributed by atoms with E-state index in [0.717, 1.165) is 6.04 Å². The summed E-state index contributed by atoms with van der Waals surface area (Å²) in [4.78, 5) is 23.7. The molecule has 0 aliphatic rings. The highest BCUT2D eigenvalue weighted by molar-refractivity contribution is 6.76. The Morgan fingerprint density at radius 3 is 2.05 bits per heavy atom. The summed E-state index contributed by atoms with van der Waals surface area (Å²) >= 11 is 0. The number of ether oxygens (including phenoxy) is 3. The maximum atomic E-state index is 12.0. The molecule has 7 heteroatoms. The van der Waals surface area contributed by atoms with Crippen LogP contribution in [-0.2, 0) is 19.0 Å². The fourth-order valence-corrected chi connectivity index (χ4v) is 2.08. The van der Waals surface area contributed by atoms with E-state index in [9.17, 15) is 9.59 Å². The van der Waals surface area contributed by atoms with Crippen LogP contribution in [0.4, 0.5) is 4.79 Å². The third kappa shape index (κ3) is 10.6. The zero-order valence-corrected chi connectivity index (χ0v) is 16.2. The molecule has 0 aromatic heterocycles. The van der Waals surface area contributed by atoms with Crippen molar-refractivity contribution >= 4 is 20.1 Å². The van der Waals surface area contributed by atoms with Gasteiger partial charge < -0.3 is 19.5 Å². The number of esters is 1. The quantitative estimate of drug-likeness (QED) is 0.335. The minimum Gasteiger partial charge on any atom is -0.444 e. The number of hydrogen-bond acceptors (Lipinski definition) is 5. The summed E-state index contributed by atoms with van der Waals surface area (Å²) in [6.07, 6.45) is -0.658. The molecule has 1 amide bonds. The smallest absolute Gasteiger partial charge is 0.408 e. The van der Waals surface area contributed by atoms with Crippen LogP contribution in [0.5, 0.6) is 0 Å². The molecule has 130 valence electrons. The lowest BCUT2D eigenvalue weighted by molar-refractivity contribution is -0.162. The van der Waals surface area contributed by atoms with Gasteiger partial charge in [-0.25, -0.2) is 9.59 Å². The first-order valence-corrected chi connectivity index (χ1v) is 11.2. The Kier molecular flexibility index (Phi) is 7.57. The molecule has 0 bridgehead atoms. The Labute approximate surface area is 134 Å². The van der Waals surface area contributed by atoms with Crippen molar-refractivity contribution in [2.24, 2.45) is 0 Å². The van der Waals surface area contributed by atoms with Crippen molar-refractivity contribution in [3.63, 3.8) is 0 Å². The van der Waals surface area contributed by atoms with Gasteiger partial charge in [-0.2, -0.15) is 0 Å². The summed E-state index contributed by atoms with van der Waals surface area (Å²) in [5.74, 6) is -0.564. The van der Waals surface area contributed by atoms with Crippen LogP contribution in [0.15, 0.2) is 0 Å². The third-order valence-corrected chi connectivity index (χ3v) is 4.30. The molecule has 0 atom stereocenters. The first-order valence-electron chi connectivity index (χ1n) is 7.49. The van der Waals surface area contributed by atoms with Gasteiger partial charge in [0.1, 0.15) is 11.1 Å². The van der Waals surface area contributed by atoms with Gasteiger partial charge in [-0.15, -0.1) is 0 Å². The van der Waals surface area contributed by atoms with Gasteiger partial charge in [0.05, 0.1) is 0 Å². The van der Waals surface area contributed by atoms with Crippen LogP contribution in [0.2, 0.25) is 25.7 Å². The second kappa shape index (κ2) is 7.96. The van der Waals surface area contributed by atoms with Crippen LogP contribution >= 0.6 is 0 Å². The highest BCUT2D eigenvalue weighted by atomic mass is 28.3. The number of nitrogens with one attached hydrogen (secondary N) is 1. The second-order valence-corrected chi connectivity index (χ2v) is 13.6. The largest absolute Gasteiger partial charge is 0.444 e. The van der Waals surface area contributed by atoms with Gasteiger partial charge in [0.15, 0.2) is 6.79 Å². The molecule has 22 heavy (non-hydrogen) atoms. The molecular weight excluding hydrogens is 302 g/mol. The zero-order valence-electron chi connectivity index (χ0n) is 15.2. The minimum atomic E-state index is -1.18. The molecule has 0 saturated carbocycles. The predicted octanol–water partition coefficient (Wildman–Crippen LogP) is 3.15. The van der Waals surface area contributed by atoms with E-state index >= 15 is 0 Å². The van der Waals surface area contributed by atoms with Gasteiger partial charge in [-0.1, -0.05) is 19.6 Å². The highest BCUT2D eigenvalue weighted by Crippen LogP contribution is 2.11. The van der Waals surface area contributed by atoms with E-state index in [-0.39, 0.29) is 6.79 Å². The summed E-state index contributed by atoms with van der Waals surface area (Å²) in [6.45, 7) is 15.6. The molecule has 0 heterocycles. The lowest BCUT2D eigenvalue weighted by atomic mass is 10.1. The molecule has 1 N–H and O–H groups in total. The zero-order chi connectivity index (χ0) is 17.6. The molecular formula is C15H31NO5Si. The van der Waals surface area contributed by atoms with E-state index in [4.69, 9.17) is 14.2 Å². The molecule has 0 rings (SSSR count). The number of hydrogen-bond donors (Lipinski definition) is 1. The van der Waals surface area contributed by atoms with E-state index in [1.807, 2.05) is 0 Å². The molecule has 6 nitrogen and oxygen atoms in total. The van der Waals surface area contributed by atoms with Crippen molar-refractivity contribution in [2.75, 3.05) is 13.4 Å². The van der Waals surface area contributed by atoms with Crippen LogP contribution in [0, 0.1) is 0 Å². The van der Waals surface area contributed by atoms with Crippen molar-refractivity contribution in [1.29, 1.82) is 0 Å². The Bertz CT molecular complexity index is 382. The SMILES string of the molecule is CC(C)(C)OC(=O)NC(C)(C)C(=O)OCOCC[Si](C)(C)C. The van der Waals surface area contributed by atoms with Crippen LogP contribution in [0.1, 0.15) is 34.6 Å². The maximum absolute atomic E-state index is 12.0. The Morgan fingerprint density at radius 2 is 1.59 bits per heavy atom. The summed E-state index contributed by atoms with van der Waals surface area (Å²) < 4.78 is 15.5. The molecule has 0 aliphatic heterocycles. The van der Waals surface area contributed by atoms with E-state index in [1.165, 1.54) is 0 Å². The first-order chi connectivity index (χ1) is 9.73. The number of carbonyl (C=O) groups is 2. The Balaban J connectivity index is 4.15. The van der Waals surface area contributed by atoms with Gasteiger partial charge in [0.2, 0.25) is 0 Å². The first kappa shape index (κ1) is 20.9. The lowest BCUT2D eigenvalue weighted by Crippen LogP contribution is -2.52. The van der Waals surface area contributed by atoms with E-state index in [0.29, 0.717) is 6.61 Å². The fourth-order valence-electron chi connectivity index (χ4n) is 1.32. The van der Waals surface area contributed by atoms with Gasteiger partial charge >= 0.3 is 12.1 Å². The molecule has 0 aromatic rings. The average Bonchev–Trinajstić information content (AvgIpc) is 2.22. The highest BCUT2D eigenvalue weighted by Gasteiger charge is 2.33. The Hall–Kier alpha value is -1.08. The van der Waals surface area contributed by atoms with E-state index in [1.54, 1.807) is 34.6 Å². The lowest BCUT2D eigenvalue weighted by Gasteiger charge is -2.27. The summed E-state index contributed by atoms with van der Waals surface area (Å²) in [5, 5.41) is 2.49. The number of alkyl carbamates (subject to hydrolysis) is 1. The Morgan fingerprint density at radius 1 is 1.05 bits per heavy atom. The normalized spacial score (nSPS) is 12.7. The maximum Gasteiger partial charge on any atom is 0.408 e. The topological polar surface area (TPSA) is 73.9 Å². The van der Waals surface area contributed by atoms with Gasteiger partial charge in [0, 0.05) is 14.7 Å². The van der Waals surface area contributed by atoms with Crippen LogP contribution in [0.25, 0.3) is 0 Å². The number of amides is 1. The standard InChI is InChI=1S/C15H31NO5Si/c1-14(2,3)21-13(18)16-15(4,5)12(17)20-11-19-9-10-22(6,7)8/h9-11H2,1-8H3,(H,16,18). The molecule has 0 radical (unpaired) electrons. The van der Waals surface area contributed by atoms with Gasteiger partial charge in [0.25, 0.3) is 0 Å². The average molecular weight is 334 g/mol.